The summed E-state index contributed by atoms with van der Waals surface area (Å²) in [6.07, 6.45) is 8.06. The molecule has 6 heteroatoms. The summed E-state index contributed by atoms with van der Waals surface area (Å²) in [6.45, 7) is 6.72. The van der Waals surface area contributed by atoms with Crippen molar-refractivity contribution in [3.05, 3.63) is 75.6 Å². The normalized spacial score (nSPS) is 17.8. The van der Waals surface area contributed by atoms with Gasteiger partial charge in [0.1, 0.15) is 11.5 Å². The molecule has 1 aromatic carbocycles. The fourth-order valence-electron chi connectivity index (χ4n) is 4.37. The predicted molar refractivity (Wildman–Crippen MR) is 117 cm³/mol. The average Bonchev–Trinajstić information content (AvgIpc) is 2.67. The molecule has 158 valence electrons. The molecule has 0 spiro atoms. The van der Waals surface area contributed by atoms with Crippen LogP contribution in [-0.2, 0) is 0 Å². The number of nitrogens with one attached hydrogen (secondary N) is 1. The van der Waals surface area contributed by atoms with Gasteiger partial charge in [0.25, 0.3) is 5.91 Å². The average molecular weight is 410 g/mol. The van der Waals surface area contributed by atoms with E-state index >= 15 is 0 Å². The first-order valence-corrected chi connectivity index (χ1v) is 10.2. The molecule has 0 saturated heterocycles. The van der Waals surface area contributed by atoms with E-state index < -0.39 is 5.91 Å². The van der Waals surface area contributed by atoms with E-state index in [1.807, 2.05) is 13.0 Å². The lowest BCUT2D eigenvalue weighted by molar-refractivity contribution is 0.0997. The van der Waals surface area contributed by atoms with Crippen LogP contribution in [0, 0.1) is 18.2 Å². The minimum absolute atomic E-state index is 0.00403. The van der Waals surface area contributed by atoms with Crippen molar-refractivity contribution >= 4 is 16.8 Å². The number of fused-ring (bicyclic) bond motifs is 1. The Morgan fingerprint density at radius 2 is 2.03 bits per heavy atom. The van der Waals surface area contributed by atoms with Crippen molar-refractivity contribution in [2.24, 2.45) is 11.1 Å². The molecule has 1 fully saturated rings. The van der Waals surface area contributed by atoms with Crippen molar-refractivity contribution in [3.8, 4) is 0 Å². The smallest absolute Gasteiger partial charge is 0.268 e. The predicted octanol–water partition coefficient (Wildman–Crippen LogP) is 4.84. The van der Waals surface area contributed by atoms with E-state index in [4.69, 9.17) is 5.73 Å². The lowest BCUT2D eigenvalue weighted by Gasteiger charge is -2.36. The van der Waals surface area contributed by atoms with E-state index in [-0.39, 0.29) is 22.3 Å². The van der Waals surface area contributed by atoms with Crippen molar-refractivity contribution in [3.63, 3.8) is 0 Å². The number of carbonyl (C=O) groups is 1. The molecule has 2 aromatic heterocycles. The van der Waals surface area contributed by atoms with Gasteiger partial charge in [-0.1, -0.05) is 26.3 Å². The van der Waals surface area contributed by atoms with Crippen LogP contribution in [0.5, 0.6) is 0 Å². The molecule has 30 heavy (non-hydrogen) atoms. The van der Waals surface area contributed by atoms with Gasteiger partial charge in [0, 0.05) is 18.5 Å². The highest BCUT2D eigenvalue weighted by Gasteiger charge is 2.29. The Morgan fingerprint density at radius 1 is 1.27 bits per heavy atom. The Labute approximate surface area is 175 Å². The number of pyridine rings is 2. The highest BCUT2D eigenvalue weighted by atomic mass is 19.1. The van der Waals surface area contributed by atoms with Crippen LogP contribution in [0.1, 0.15) is 67.1 Å². The maximum atomic E-state index is 13.1. The number of nitrogens with zero attached hydrogens (tertiary/aromatic N) is 1. The van der Waals surface area contributed by atoms with Crippen molar-refractivity contribution in [2.45, 2.75) is 52.4 Å². The quantitative estimate of drug-likeness (QED) is 0.635. The molecule has 1 atom stereocenters. The van der Waals surface area contributed by atoms with E-state index in [1.165, 1.54) is 49.7 Å². The second-order valence-electron chi connectivity index (χ2n) is 8.75. The fourth-order valence-corrected chi connectivity index (χ4v) is 4.37. The van der Waals surface area contributed by atoms with Gasteiger partial charge in [-0.3, -0.25) is 14.6 Å². The van der Waals surface area contributed by atoms with Crippen molar-refractivity contribution < 1.29 is 9.18 Å². The van der Waals surface area contributed by atoms with Crippen LogP contribution in [-0.4, -0.2) is 15.9 Å². The molecule has 0 bridgehead atoms. The summed E-state index contributed by atoms with van der Waals surface area (Å²) in [6, 6.07) is 8.19. The van der Waals surface area contributed by atoms with Crippen molar-refractivity contribution in [1.82, 2.24) is 9.97 Å². The lowest BCUT2D eigenvalue weighted by atomic mass is 9.69. The molecule has 3 N–H and O–H groups in total. The van der Waals surface area contributed by atoms with E-state index in [2.05, 4.69) is 23.8 Å². The summed E-state index contributed by atoms with van der Waals surface area (Å²) in [5, 5.41) is 0.238. The molecular formula is C24H28FN3O2. The Balaban J connectivity index is 0.000000172. The van der Waals surface area contributed by atoms with Gasteiger partial charge in [0.2, 0.25) is 0 Å². The second-order valence-corrected chi connectivity index (χ2v) is 8.75. The highest BCUT2D eigenvalue weighted by molar-refractivity contribution is 6.03. The van der Waals surface area contributed by atoms with Crippen LogP contribution in [0.15, 0.2) is 47.5 Å². The first-order valence-electron chi connectivity index (χ1n) is 10.2. The topological polar surface area (TPSA) is 88.8 Å². The second kappa shape index (κ2) is 8.78. The fraction of sp³-hybridized carbons (Fsp3) is 0.375. The Bertz CT molecular complexity index is 1120. The zero-order chi connectivity index (χ0) is 21.9. The monoisotopic (exact) mass is 409 g/mol. The first-order chi connectivity index (χ1) is 14.2. The zero-order valence-electron chi connectivity index (χ0n) is 17.7. The largest absolute Gasteiger partial charge is 0.364 e. The summed E-state index contributed by atoms with van der Waals surface area (Å²) >= 11 is 0. The van der Waals surface area contributed by atoms with E-state index in [0.29, 0.717) is 16.8 Å². The maximum absolute atomic E-state index is 13.1. The number of halogens is 1. The van der Waals surface area contributed by atoms with Crippen LogP contribution in [0.2, 0.25) is 0 Å². The number of benzene rings is 1. The number of amides is 1. The van der Waals surface area contributed by atoms with Gasteiger partial charge in [-0.25, -0.2) is 4.39 Å². The molecule has 1 amide bonds. The molecule has 5 nitrogen and oxygen atoms in total. The molecule has 4 rings (SSSR count). The Morgan fingerprint density at radius 3 is 2.70 bits per heavy atom. The third-order valence-corrected chi connectivity index (χ3v) is 5.78. The summed E-state index contributed by atoms with van der Waals surface area (Å²) in [7, 11) is 0. The minimum atomic E-state index is -0.702. The Kier molecular flexibility index (Phi) is 6.34. The van der Waals surface area contributed by atoms with Crippen LogP contribution in [0.25, 0.3) is 10.9 Å². The number of aromatic amines is 1. The van der Waals surface area contributed by atoms with Gasteiger partial charge in [-0.2, -0.15) is 0 Å². The lowest BCUT2D eigenvalue weighted by Crippen LogP contribution is -2.21. The number of H-pyrrole nitrogens is 1. The number of hydrogen-bond donors (Lipinski definition) is 2. The van der Waals surface area contributed by atoms with Gasteiger partial charge in [0.15, 0.2) is 5.43 Å². The molecule has 1 saturated carbocycles. The SMILES string of the molecule is Cc1cc(F)ccc1[C@@H]1CCCC(C)(C)C1.NC(=O)c1nccc2[nH]ccc(=O)c12. The molecular weight excluding hydrogens is 381 g/mol. The summed E-state index contributed by atoms with van der Waals surface area (Å²) in [5.41, 5.74) is 8.31. The standard InChI is InChI=1S/C15H21F.C9H7N3O2/c1-11-9-13(16)6-7-14(11)12-5-4-8-15(2,3)10-12;10-9(14)8-7-5(1-3-12-8)11-4-2-6(7)13/h6-7,9,12H,4-5,8,10H2,1-3H3;1-4H,(H2,10,14)(H,11,13)/t12-;/m1./s1. The van der Waals surface area contributed by atoms with Gasteiger partial charge >= 0.3 is 0 Å². The zero-order valence-corrected chi connectivity index (χ0v) is 17.7. The van der Waals surface area contributed by atoms with Gasteiger partial charge in [-0.15, -0.1) is 0 Å². The molecule has 0 radical (unpaired) electrons. The number of nitrogens with two attached hydrogens (primary N) is 1. The summed E-state index contributed by atoms with van der Waals surface area (Å²) < 4.78 is 13.1. The van der Waals surface area contributed by atoms with Crippen LogP contribution in [0.3, 0.4) is 0 Å². The number of hydrogen-bond acceptors (Lipinski definition) is 3. The van der Waals surface area contributed by atoms with E-state index in [1.54, 1.807) is 18.2 Å². The molecule has 1 aliphatic carbocycles. The van der Waals surface area contributed by atoms with Gasteiger partial charge in [0.05, 0.1) is 10.9 Å². The molecule has 0 unspecified atom stereocenters. The molecule has 3 aromatic rings. The van der Waals surface area contributed by atoms with Crippen molar-refractivity contribution in [2.75, 3.05) is 0 Å². The van der Waals surface area contributed by atoms with Crippen LogP contribution >= 0.6 is 0 Å². The van der Waals surface area contributed by atoms with E-state index in [0.717, 1.165) is 5.56 Å². The van der Waals surface area contributed by atoms with Gasteiger partial charge < -0.3 is 10.7 Å². The molecule has 0 aliphatic heterocycles. The highest BCUT2D eigenvalue weighted by Crippen LogP contribution is 2.44. The van der Waals surface area contributed by atoms with Gasteiger partial charge in [-0.05, 0) is 66.8 Å². The minimum Gasteiger partial charge on any atom is -0.364 e. The maximum Gasteiger partial charge on any atom is 0.268 e. The first kappa shape index (κ1) is 21.7. The van der Waals surface area contributed by atoms with Crippen LogP contribution in [0.4, 0.5) is 4.39 Å². The number of rotatable bonds is 2. The third-order valence-electron chi connectivity index (χ3n) is 5.78. The number of aromatic nitrogens is 2. The third kappa shape index (κ3) is 4.93. The molecule has 2 heterocycles. The van der Waals surface area contributed by atoms with Crippen LogP contribution < -0.4 is 11.2 Å². The number of aryl methyl sites for hydroxylation is 1. The summed E-state index contributed by atoms with van der Waals surface area (Å²) in [5.74, 6) is -0.187. The molecule has 1 aliphatic rings. The Hall–Kier alpha value is -3.02. The number of primary amides is 1. The summed E-state index contributed by atoms with van der Waals surface area (Å²) in [4.78, 5) is 29.0. The van der Waals surface area contributed by atoms with Crippen molar-refractivity contribution in [1.29, 1.82) is 0 Å². The number of carbonyl (C=O) groups excluding carboxylic acids is 1. The van der Waals surface area contributed by atoms with E-state index in [9.17, 15) is 14.0 Å².